The normalized spacial score (nSPS) is 11.0. The molecule has 0 aliphatic carbocycles. The molecule has 0 aliphatic rings. The Morgan fingerprint density at radius 1 is 1.19 bits per heavy atom. The molecule has 6 nitrogen and oxygen atoms in total. The fourth-order valence-corrected chi connectivity index (χ4v) is 2.84. The summed E-state index contributed by atoms with van der Waals surface area (Å²) in [6.45, 7) is 7.11. The molecule has 2 aromatic carbocycles. The van der Waals surface area contributed by atoms with Crippen molar-refractivity contribution in [1.29, 1.82) is 0 Å². The Labute approximate surface area is 167 Å². The average molecular weight is 434 g/mol. The summed E-state index contributed by atoms with van der Waals surface area (Å²) in [7, 11) is 0. The molecule has 0 aliphatic heterocycles. The van der Waals surface area contributed by atoms with E-state index in [1.165, 1.54) is 11.8 Å². The molecule has 2 aromatic rings. The van der Waals surface area contributed by atoms with Crippen LogP contribution in [-0.4, -0.2) is 25.5 Å². The number of nitrogens with two attached hydrogens (primary N) is 1. The number of amides is 2. The van der Waals surface area contributed by atoms with Gasteiger partial charge in [-0.05, 0) is 48.2 Å². The summed E-state index contributed by atoms with van der Waals surface area (Å²) < 4.78 is 12.6. The van der Waals surface area contributed by atoms with Crippen molar-refractivity contribution in [3.05, 3.63) is 57.6 Å². The summed E-state index contributed by atoms with van der Waals surface area (Å²) in [5.74, 6) is 1.90. The summed E-state index contributed by atoms with van der Waals surface area (Å²) >= 11 is 3.40. The van der Waals surface area contributed by atoms with E-state index in [9.17, 15) is 4.79 Å². The van der Waals surface area contributed by atoms with E-state index in [1.54, 1.807) is 0 Å². The molecule has 0 radical (unpaired) electrons. The molecule has 0 aromatic heterocycles. The standard InChI is InChI=1S/C20H24BrN3O3/c1-13(2)17-6-4-14(3)10-19(17)27-9-8-26-18-7-5-16(21)11-15(18)12-23-24-20(22)25/h4-7,10-13H,8-9H2,1-3H3,(H3,22,24,25)/b23-12+. The van der Waals surface area contributed by atoms with Gasteiger partial charge in [0.15, 0.2) is 0 Å². The van der Waals surface area contributed by atoms with Gasteiger partial charge in [0.05, 0.1) is 6.21 Å². The molecular formula is C20H24BrN3O3. The van der Waals surface area contributed by atoms with Crippen molar-refractivity contribution in [2.45, 2.75) is 26.7 Å². The van der Waals surface area contributed by atoms with E-state index in [2.05, 4.69) is 52.4 Å². The van der Waals surface area contributed by atoms with E-state index >= 15 is 0 Å². The molecule has 0 saturated heterocycles. The van der Waals surface area contributed by atoms with Gasteiger partial charge in [0.1, 0.15) is 24.7 Å². The summed E-state index contributed by atoms with van der Waals surface area (Å²) in [5.41, 5.74) is 10.2. The van der Waals surface area contributed by atoms with Gasteiger partial charge in [-0.1, -0.05) is 41.9 Å². The van der Waals surface area contributed by atoms with E-state index in [0.717, 1.165) is 15.8 Å². The number of halogens is 1. The lowest BCUT2D eigenvalue weighted by Gasteiger charge is -2.15. The van der Waals surface area contributed by atoms with Crippen LogP contribution in [-0.2, 0) is 0 Å². The lowest BCUT2D eigenvalue weighted by molar-refractivity contribution is 0.215. The van der Waals surface area contributed by atoms with Gasteiger partial charge in [-0.25, -0.2) is 10.2 Å². The van der Waals surface area contributed by atoms with Crippen LogP contribution < -0.4 is 20.6 Å². The molecule has 0 atom stereocenters. The highest BCUT2D eigenvalue weighted by Crippen LogP contribution is 2.27. The van der Waals surface area contributed by atoms with Gasteiger partial charge in [0.2, 0.25) is 0 Å². The highest BCUT2D eigenvalue weighted by molar-refractivity contribution is 9.10. The number of carbonyl (C=O) groups excluding carboxylic acids is 1. The van der Waals surface area contributed by atoms with Crippen LogP contribution in [0.3, 0.4) is 0 Å². The number of ether oxygens (including phenoxy) is 2. The number of rotatable bonds is 8. The SMILES string of the molecule is Cc1ccc(C(C)C)c(OCCOc2ccc(Br)cc2/C=N/NC(N)=O)c1. The van der Waals surface area contributed by atoms with Gasteiger partial charge < -0.3 is 15.2 Å². The van der Waals surface area contributed by atoms with Crippen molar-refractivity contribution in [3.8, 4) is 11.5 Å². The number of aryl methyl sites for hydroxylation is 1. The lowest BCUT2D eigenvalue weighted by atomic mass is 10.0. The number of nitrogens with one attached hydrogen (secondary N) is 1. The molecule has 0 heterocycles. The third-order valence-electron chi connectivity index (χ3n) is 3.74. The highest BCUT2D eigenvalue weighted by atomic mass is 79.9. The van der Waals surface area contributed by atoms with Crippen LogP contribution in [0.1, 0.15) is 36.5 Å². The van der Waals surface area contributed by atoms with Crippen molar-refractivity contribution in [3.63, 3.8) is 0 Å². The van der Waals surface area contributed by atoms with Crippen molar-refractivity contribution >= 4 is 28.2 Å². The first-order chi connectivity index (χ1) is 12.9. The number of hydrazone groups is 1. The van der Waals surface area contributed by atoms with Crippen LogP contribution in [0.2, 0.25) is 0 Å². The van der Waals surface area contributed by atoms with E-state index < -0.39 is 6.03 Å². The molecule has 0 bridgehead atoms. The predicted molar refractivity (Wildman–Crippen MR) is 111 cm³/mol. The molecule has 27 heavy (non-hydrogen) atoms. The molecule has 7 heteroatoms. The lowest BCUT2D eigenvalue weighted by Crippen LogP contribution is -2.24. The van der Waals surface area contributed by atoms with Crippen molar-refractivity contribution < 1.29 is 14.3 Å². The molecule has 0 unspecified atom stereocenters. The zero-order valence-electron chi connectivity index (χ0n) is 15.7. The molecule has 2 rings (SSSR count). The highest BCUT2D eigenvalue weighted by Gasteiger charge is 2.09. The Kier molecular flexibility index (Phi) is 7.67. The van der Waals surface area contributed by atoms with Crippen LogP contribution in [0.4, 0.5) is 4.79 Å². The topological polar surface area (TPSA) is 85.9 Å². The first-order valence-electron chi connectivity index (χ1n) is 8.61. The van der Waals surface area contributed by atoms with Gasteiger partial charge in [0, 0.05) is 10.0 Å². The van der Waals surface area contributed by atoms with Crippen LogP contribution >= 0.6 is 15.9 Å². The maximum atomic E-state index is 10.7. The fourth-order valence-electron chi connectivity index (χ4n) is 2.46. The number of hydrogen-bond donors (Lipinski definition) is 2. The Bertz CT molecular complexity index is 822. The predicted octanol–water partition coefficient (Wildman–Crippen LogP) is 4.34. The minimum Gasteiger partial charge on any atom is -0.490 e. The Morgan fingerprint density at radius 2 is 1.89 bits per heavy atom. The van der Waals surface area contributed by atoms with E-state index in [4.69, 9.17) is 15.2 Å². The number of urea groups is 1. The molecule has 2 amide bonds. The number of nitrogens with zero attached hydrogens (tertiary/aromatic N) is 1. The summed E-state index contributed by atoms with van der Waals surface area (Å²) in [6.07, 6.45) is 1.48. The third kappa shape index (κ3) is 6.60. The van der Waals surface area contributed by atoms with E-state index in [-0.39, 0.29) is 0 Å². The Balaban J connectivity index is 1.99. The van der Waals surface area contributed by atoms with Crippen molar-refractivity contribution in [1.82, 2.24) is 5.43 Å². The summed E-state index contributed by atoms with van der Waals surface area (Å²) in [4.78, 5) is 10.7. The Hall–Kier alpha value is -2.54. The first kappa shape index (κ1) is 20.8. The second-order valence-electron chi connectivity index (χ2n) is 6.31. The van der Waals surface area contributed by atoms with E-state index in [0.29, 0.717) is 30.4 Å². The van der Waals surface area contributed by atoms with Crippen LogP contribution in [0.25, 0.3) is 0 Å². The number of carbonyl (C=O) groups is 1. The van der Waals surface area contributed by atoms with Crippen LogP contribution in [0.15, 0.2) is 46.0 Å². The van der Waals surface area contributed by atoms with Gasteiger partial charge in [0.25, 0.3) is 0 Å². The molecule has 0 saturated carbocycles. The zero-order valence-corrected chi connectivity index (χ0v) is 17.2. The van der Waals surface area contributed by atoms with Gasteiger partial charge in [-0.15, -0.1) is 0 Å². The van der Waals surface area contributed by atoms with Crippen molar-refractivity contribution in [2.75, 3.05) is 13.2 Å². The number of primary amides is 1. The second-order valence-corrected chi connectivity index (χ2v) is 7.22. The molecular weight excluding hydrogens is 410 g/mol. The fraction of sp³-hybridized carbons (Fsp3) is 0.300. The molecule has 144 valence electrons. The third-order valence-corrected chi connectivity index (χ3v) is 4.23. The number of benzene rings is 2. The van der Waals surface area contributed by atoms with Crippen LogP contribution in [0, 0.1) is 6.92 Å². The van der Waals surface area contributed by atoms with Gasteiger partial charge in [-0.2, -0.15) is 5.10 Å². The minimum absolute atomic E-state index is 0.372. The minimum atomic E-state index is -0.726. The average Bonchev–Trinajstić information content (AvgIpc) is 2.59. The molecule has 0 fully saturated rings. The van der Waals surface area contributed by atoms with E-state index in [1.807, 2.05) is 31.2 Å². The largest absolute Gasteiger partial charge is 0.490 e. The Morgan fingerprint density at radius 3 is 2.56 bits per heavy atom. The smallest absolute Gasteiger partial charge is 0.332 e. The van der Waals surface area contributed by atoms with Crippen molar-refractivity contribution in [2.24, 2.45) is 10.8 Å². The van der Waals surface area contributed by atoms with Gasteiger partial charge in [-0.3, -0.25) is 0 Å². The first-order valence-corrected chi connectivity index (χ1v) is 9.40. The zero-order chi connectivity index (χ0) is 19.8. The quantitative estimate of drug-likeness (QED) is 0.368. The number of hydrogen-bond acceptors (Lipinski definition) is 4. The molecule has 3 N–H and O–H groups in total. The second kappa shape index (κ2) is 9.97. The summed E-state index contributed by atoms with van der Waals surface area (Å²) in [5, 5.41) is 3.78. The van der Waals surface area contributed by atoms with Crippen LogP contribution in [0.5, 0.6) is 11.5 Å². The monoisotopic (exact) mass is 433 g/mol. The van der Waals surface area contributed by atoms with Gasteiger partial charge >= 0.3 is 6.03 Å². The maximum absolute atomic E-state index is 10.7. The maximum Gasteiger partial charge on any atom is 0.332 e. The summed E-state index contributed by atoms with van der Waals surface area (Å²) in [6, 6.07) is 11.0. The molecule has 0 spiro atoms.